The Morgan fingerprint density at radius 1 is 0.209 bits per heavy atom. The Labute approximate surface area is 651 Å². The van der Waals surface area contributed by atoms with Crippen LogP contribution in [0.5, 0.6) is 0 Å². The van der Waals surface area contributed by atoms with Crippen molar-refractivity contribution in [2.75, 3.05) is 0 Å². The Morgan fingerprint density at radius 2 is 0.345 bits per heavy atom. The first-order valence-corrected chi connectivity index (χ1v) is 46.9. The molecule has 14 heteroatoms. The minimum absolute atomic E-state index is 0.209. The summed E-state index contributed by atoms with van der Waals surface area (Å²) in [5, 5.41) is 0. The summed E-state index contributed by atoms with van der Waals surface area (Å²) in [7, 11) is -14.0. The van der Waals surface area contributed by atoms with Crippen LogP contribution < -0.4 is 0 Å². The van der Waals surface area contributed by atoms with Gasteiger partial charge >= 0.3 is 7.80 Å². The molecule has 0 spiro atoms. The van der Waals surface area contributed by atoms with Crippen molar-refractivity contribution in [2.45, 2.75) is 121 Å². The Morgan fingerprint density at radius 3 is 0.500 bits per heavy atom. The molecular weight excluding hydrogens is 1450 g/mol. The number of hydrogen-bond donors (Lipinski definition) is 4. The molecule has 12 aromatic carbocycles. The standard InChI is InChI=1S/4C16H17O2P.C16H16OP.C16H14/c4*17-19(18)15(13-7-3-1-4-8-13)11-12-16(19)14-9-5-2-6-10-14;17-18-15(13-7-3-1-4-8-13)11-12-16(18)14-9-5-2-6-10-14;1-3-9-15(10-4-1)13-7-8-14-16-11-5-2-6-12-16/h4*1-10,15-16H,11-12H2,(H,17,18);1-10,15-16H,11-12H2;1-14H/q;;;;+1;/b;;;;;13-7+,14-8+/t15-,16?;2*15-,16-;;15-,16-;/m100.0./s1. The van der Waals surface area contributed by atoms with Crippen molar-refractivity contribution in [3.8, 4) is 0 Å². The zero-order valence-corrected chi connectivity index (χ0v) is 66.3. The van der Waals surface area contributed by atoms with Crippen LogP contribution in [0.2, 0.25) is 0 Å². The van der Waals surface area contributed by atoms with E-state index in [1.54, 1.807) is 0 Å². The molecule has 0 radical (unpaired) electrons. The van der Waals surface area contributed by atoms with Gasteiger partial charge in [-0.1, -0.05) is 393 Å². The van der Waals surface area contributed by atoms with Crippen LogP contribution in [0.15, 0.2) is 376 Å². The van der Waals surface area contributed by atoms with Crippen molar-refractivity contribution in [2.24, 2.45) is 0 Å². The molecule has 5 saturated heterocycles. The molecule has 5 aliphatic heterocycles. The monoisotopic (exact) mass is 1550 g/mol. The lowest BCUT2D eigenvalue weighted by molar-refractivity contribution is 0.464. The van der Waals surface area contributed by atoms with Gasteiger partial charge in [-0.25, -0.2) is 0 Å². The highest BCUT2D eigenvalue weighted by atomic mass is 31.2. The summed E-state index contributed by atoms with van der Waals surface area (Å²) in [4.78, 5) is 42.3. The molecule has 12 aromatic rings. The number of hydrogen-bond acceptors (Lipinski definition) is 5. The van der Waals surface area contributed by atoms with Gasteiger partial charge in [-0.3, -0.25) is 18.3 Å². The highest BCUT2D eigenvalue weighted by molar-refractivity contribution is 7.60. The van der Waals surface area contributed by atoms with E-state index in [0.29, 0.717) is 0 Å². The summed E-state index contributed by atoms with van der Waals surface area (Å²) in [6, 6.07) is 119. The van der Waals surface area contributed by atoms with Crippen molar-refractivity contribution in [1.29, 1.82) is 0 Å². The van der Waals surface area contributed by atoms with Gasteiger partial charge < -0.3 is 19.6 Å². The lowest BCUT2D eigenvalue weighted by Crippen LogP contribution is -1.97. The minimum atomic E-state index is -3.21. The van der Waals surface area contributed by atoms with Gasteiger partial charge in [0.05, 0.1) is 45.3 Å². The zero-order chi connectivity index (χ0) is 76.6. The molecule has 110 heavy (non-hydrogen) atoms. The van der Waals surface area contributed by atoms with Gasteiger partial charge in [-0.05, 0) is 107 Å². The molecule has 5 fully saturated rings. The van der Waals surface area contributed by atoms with Crippen LogP contribution in [0.4, 0.5) is 0 Å². The number of benzene rings is 12. The van der Waals surface area contributed by atoms with E-state index in [1.807, 2.05) is 315 Å². The molecule has 11 atom stereocenters. The van der Waals surface area contributed by atoms with Gasteiger partial charge in [0.15, 0.2) is 11.3 Å². The number of rotatable bonds is 13. The Hall–Kier alpha value is -9.02. The summed E-state index contributed by atoms with van der Waals surface area (Å²) >= 11 is 0. The number of allylic oxidation sites excluding steroid dienone is 2. The molecule has 0 aromatic heterocycles. The summed E-state index contributed by atoms with van der Waals surface area (Å²) in [6.45, 7) is 0. The van der Waals surface area contributed by atoms with Crippen molar-refractivity contribution < 1.29 is 42.4 Å². The molecule has 9 nitrogen and oxygen atoms in total. The fraction of sp³-hybridized carbons (Fsp3) is 0.208. The van der Waals surface area contributed by atoms with Gasteiger partial charge in [0.2, 0.25) is 29.5 Å². The molecule has 5 heterocycles. The minimum Gasteiger partial charge on any atom is -0.343 e. The third-order valence-electron chi connectivity index (χ3n) is 21.9. The summed E-state index contributed by atoms with van der Waals surface area (Å²) < 4.78 is 64.0. The predicted octanol–water partition coefficient (Wildman–Crippen LogP) is 27.6. The Bertz CT molecular complexity index is 4290. The van der Waals surface area contributed by atoms with Crippen molar-refractivity contribution in [3.63, 3.8) is 0 Å². The highest BCUT2D eigenvalue weighted by Crippen LogP contribution is 2.77. The lowest BCUT2D eigenvalue weighted by atomic mass is 10.0. The summed E-state index contributed by atoms with van der Waals surface area (Å²) in [5.74, 6) is 0. The maximum atomic E-state index is 12.8. The third-order valence-corrected chi connectivity index (χ3v) is 35.8. The van der Waals surface area contributed by atoms with Gasteiger partial charge in [0.1, 0.15) is 0 Å². The molecule has 0 amide bonds. The van der Waals surface area contributed by atoms with E-state index in [1.165, 1.54) is 22.3 Å². The topological polar surface area (TPSA) is 166 Å². The van der Waals surface area contributed by atoms with E-state index in [9.17, 15) is 42.4 Å². The maximum Gasteiger partial charge on any atom is 0.354 e. The molecule has 4 unspecified atom stereocenters. The van der Waals surface area contributed by atoms with Crippen LogP contribution in [0.3, 0.4) is 0 Å². The molecule has 560 valence electrons. The van der Waals surface area contributed by atoms with E-state index >= 15 is 0 Å². The Kier molecular flexibility index (Phi) is 28.7. The second-order valence-electron chi connectivity index (χ2n) is 28.7. The normalized spacial score (nSPS) is 24.7. The molecule has 0 saturated carbocycles. The average Bonchev–Trinajstić information content (AvgIpc) is 1.61. The van der Waals surface area contributed by atoms with Gasteiger partial charge in [0.25, 0.3) is 0 Å². The van der Waals surface area contributed by atoms with Gasteiger partial charge in [-0.2, -0.15) is 0 Å². The first-order chi connectivity index (χ1) is 53.6. The predicted molar refractivity (Wildman–Crippen MR) is 456 cm³/mol. The van der Waals surface area contributed by atoms with E-state index in [-0.39, 0.29) is 56.6 Å². The van der Waals surface area contributed by atoms with Crippen molar-refractivity contribution in [3.05, 3.63) is 443 Å². The fourth-order valence-electron chi connectivity index (χ4n) is 16.3. The van der Waals surface area contributed by atoms with Crippen LogP contribution in [0.1, 0.15) is 188 Å². The van der Waals surface area contributed by atoms with E-state index < -0.39 is 37.3 Å². The molecule has 0 aliphatic carbocycles. The molecule has 4 N–H and O–H groups in total. The van der Waals surface area contributed by atoms with Crippen LogP contribution in [-0.2, 0) is 22.8 Å². The van der Waals surface area contributed by atoms with Crippen LogP contribution in [0, 0.1) is 0 Å². The van der Waals surface area contributed by atoms with Gasteiger partial charge in [-0.15, -0.1) is 0 Å². The SMILES string of the molecule is C(/C=C/c1ccccc1)=C\c1ccccc1.O=P1(O)C(c2ccccc2)CCC1c1ccccc1.O=P1(O)C(c2ccccc2)CC[C@@H]1c1ccccc1.O=P1(O)[C@H](c2ccccc2)CC[C@H]1c1ccccc1.O=P1(O)[C@H](c2ccccc2)CC[C@H]1c1ccccc1.O=[P+]1[C@H](c2ccccc2)CC[C@H]1c1ccccc1. The molecule has 0 bridgehead atoms. The maximum absolute atomic E-state index is 12.8. The van der Waals surface area contributed by atoms with E-state index in [2.05, 4.69) is 72.8 Å². The molecular formula is C96H98O9P5+. The van der Waals surface area contributed by atoms with Gasteiger partial charge in [0, 0.05) is 24.0 Å². The second kappa shape index (κ2) is 39.2. The van der Waals surface area contributed by atoms with E-state index in [0.717, 1.165) is 109 Å². The van der Waals surface area contributed by atoms with Crippen molar-refractivity contribution in [1.82, 2.24) is 0 Å². The average molecular weight is 1550 g/mol. The van der Waals surface area contributed by atoms with Crippen LogP contribution in [0.25, 0.3) is 12.2 Å². The van der Waals surface area contributed by atoms with Crippen LogP contribution in [-0.4, -0.2) is 19.6 Å². The first-order valence-electron chi connectivity index (χ1n) is 38.3. The zero-order valence-electron chi connectivity index (χ0n) is 61.9. The fourth-order valence-corrected chi connectivity index (χ4v) is 29.1. The van der Waals surface area contributed by atoms with Crippen LogP contribution >= 0.6 is 37.3 Å². The summed E-state index contributed by atoms with van der Waals surface area (Å²) in [5.41, 5.74) is 11.7. The first kappa shape index (κ1) is 80.5. The van der Waals surface area contributed by atoms with E-state index in [4.69, 9.17) is 0 Å². The second-order valence-corrected chi connectivity index (χ2v) is 41.1. The summed E-state index contributed by atoms with van der Waals surface area (Å²) in [6.07, 6.45) is 16.7. The Balaban J connectivity index is 0.000000123. The lowest BCUT2D eigenvalue weighted by Gasteiger charge is -2.20. The molecule has 5 aliphatic rings. The van der Waals surface area contributed by atoms with Crippen molar-refractivity contribution >= 4 is 49.4 Å². The molecule has 17 rings (SSSR count). The third kappa shape index (κ3) is 20.6. The smallest absolute Gasteiger partial charge is 0.343 e. The quantitative estimate of drug-likeness (QED) is 0.0649. The largest absolute Gasteiger partial charge is 0.354 e. The highest BCUT2D eigenvalue weighted by Gasteiger charge is 2.50.